The molecule has 3 atom stereocenters. The van der Waals surface area contributed by atoms with Crippen LogP contribution >= 0.6 is 0 Å². The van der Waals surface area contributed by atoms with Crippen LogP contribution in [0.25, 0.3) is 0 Å². The Balaban J connectivity index is 1.82. The quantitative estimate of drug-likeness (QED) is 0.797. The first-order valence-electron chi connectivity index (χ1n) is 6.47. The highest BCUT2D eigenvalue weighted by Crippen LogP contribution is 2.51. The van der Waals surface area contributed by atoms with Crippen LogP contribution in [-0.4, -0.2) is 12.6 Å². The van der Waals surface area contributed by atoms with Gasteiger partial charge in [-0.15, -0.1) is 0 Å². The van der Waals surface area contributed by atoms with E-state index < -0.39 is 0 Å². The summed E-state index contributed by atoms with van der Waals surface area (Å²) in [5, 5.41) is 3.54. The second-order valence-electron chi connectivity index (χ2n) is 5.46. The Hall–Kier alpha value is -0.820. The number of rotatable bonds is 5. The van der Waals surface area contributed by atoms with Crippen LogP contribution in [0.3, 0.4) is 0 Å². The van der Waals surface area contributed by atoms with Gasteiger partial charge in [-0.1, -0.05) is 51.1 Å². The standard InChI is InChI=1S/C15H23N/c1-11(2)16-10-12(3)14-9-15(14)13-7-5-4-6-8-13/h4-8,11-12,14-16H,9-10H2,1-3H3. The summed E-state index contributed by atoms with van der Waals surface area (Å²) in [6.07, 6.45) is 1.38. The second-order valence-corrected chi connectivity index (χ2v) is 5.46. The van der Waals surface area contributed by atoms with Crippen molar-refractivity contribution in [2.45, 2.75) is 39.2 Å². The number of hydrogen-bond donors (Lipinski definition) is 1. The lowest BCUT2D eigenvalue weighted by Gasteiger charge is -2.14. The first-order chi connectivity index (χ1) is 7.68. The molecule has 0 aliphatic heterocycles. The molecule has 0 bridgehead atoms. The summed E-state index contributed by atoms with van der Waals surface area (Å²) in [5.41, 5.74) is 1.53. The highest BCUT2D eigenvalue weighted by molar-refractivity contribution is 5.25. The molecular formula is C15H23N. The zero-order valence-corrected chi connectivity index (χ0v) is 10.6. The van der Waals surface area contributed by atoms with Gasteiger partial charge in [0.15, 0.2) is 0 Å². The average molecular weight is 217 g/mol. The van der Waals surface area contributed by atoms with Gasteiger partial charge in [0.25, 0.3) is 0 Å². The molecule has 1 aromatic rings. The van der Waals surface area contributed by atoms with Gasteiger partial charge in [-0.3, -0.25) is 0 Å². The van der Waals surface area contributed by atoms with Gasteiger partial charge in [-0.2, -0.15) is 0 Å². The van der Waals surface area contributed by atoms with Crippen LogP contribution in [0.2, 0.25) is 0 Å². The number of hydrogen-bond acceptors (Lipinski definition) is 1. The minimum absolute atomic E-state index is 0.608. The molecule has 1 heteroatoms. The Labute approximate surface area is 99.3 Å². The van der Waals surface area contributed by atoms with Crippen molar-refractivity contribution >= 4 is 0 Å². The van der Waals surface area contributed by atoms with Gasteiger partial charge >= 0.3 is 0 Å². The monoisotopic (exact) mass is 217 g/mol. The minimum Gasteiger partial charge on any atom is -0.314 e. The van der Waals surface area contributed by atoms with Crippen LogP contribution in [0, 0.1) is 11.8 Å². The van der Waals surface area contributed by atoms with E-state index in [4.69, 9.17) is 0 Å². The van der Waals surface area contributed by atoms with Gasteiger partial charge in [0.2, 0.25) is 0 Å². The highest BCUT2D eigenvalue weighted by Gasteiger charge is 2.41. The Morgan fingerprint density at radius 3 is 2.50 bits per heavy atom. The van der Waals surface area contributed by atoms with Gasteiger partial charge in [-0.05, 0) is 36.3 Å². The molecule has 0 spiro atoms. The summed E-state index contributed by atoms with van der Waals surface area (Å²) >= 11 is 0. The predicted octanol–water partition coefficient (Wildman–Crippen LogP) is 3.42. The molecule has 1 aliphatic rings. The van der Waals surface area contributed by atoms with E-state index in [0.29, 0.717) is 6.04 Å². The zero-order chi connectivity index (χ0) is 11.5. The van der Waals surface area contributed by atoms with Gasteiger partial charge in [0, 0.05) is 6.04 Å². The molecule has 0 saturated heterocycles. The van der Waals surface area contributed by atoms with Crippen LogP contribution in [0.1, 0.15) is 38.7 Å². The van der Waals surface area contributed by atoms with Crippen molar-refractivity contribution in [3.63, 3.8) is 0 Å². The lowest BCUT2D eigenvalue weighted by atomic mass is 10.0. The second kappa shape index (κ2) is 5.01. The van der Waals surface area contributed by atoms with E-state index in [0.717, 1.165) is 24.3 Å². The average Bonchev–Trinajstić information content (AvgIpc) is 3.07. The summed E-state index contributed by atoms with van der Waals surface area (Å²) in [4.78, 5) is 0. The van der Waals surface area contributed by atoms with Crippen molar-refractivity contribution in [1.82, 2.24) is 5.32 Å². The molecule has 1 nitrogen and oxygen atoms in total. The molecule has 1 aliphatic carbocycles. The molecular weight excluding hydrogens is 194 g/mol. The number of nitrogens with one attached hydrogen (secondary N) is 1. The van der Waals surface area contributed by atoms with Gasteiger partial charge < -0.3 is 5.32 Å². The van der Waals surface area contributed by atoms with E-state index in [9.17, 15) is 0 Å². The lowest BCUT2D eigenvalue weighted by molar-refractivity contribution is 0.431. The third kappa shape index (κ3) is 2.85. The molecule has 1 saturated carbocycles. The Morgan fingerprint density at radius 1 is 1.19 bits per heavy atom. The maximum atomic E-state index is 3.54. The van der Waals surface area contributed by atoms with Crippen molar-refractivity contribution in [3.8, 4) is 0 Å². The number of benzene rings is 1. The van der Waals surface area contributed by atoms with E-state index in [1.807, 2.05) is 0 Å². The third-order valence-corrected chi connectivity index (χ3v) is 3.65. The molecule has 88 valence electrons. The van der Waals surface area contributed by atoms with E-state index >= 15 is 0 Å². The molecule has 0 heterocycles. The predicted molar refractivity (Wildman–Crippen MR) is 69.6 cm³/mol. The first-order valence-corrected chi connectivity index (χ1v) is 6.47. The SMILES string of the molecule is CC(C)NCC(C)C1CC1c1ccccc1. The van der Waals surface area contributed by atoms with Gasteiger partial charge in [-0.25, -0.2) is 0 Å². The van der Waals surface area contributed by atoms with Crippen molar-refractivity contribution in [2.24, 2.45) is 11.8 Å². The molecule has 16 heavy (non-hydrogen) atoms. The van der Waals surface area contributed by atoms with Crippen molar-refractivity contribution in [3.05, 3.63) is 35.9 Å². The highest BCUT2D eigenvalue weighted by atomic mass is 14.9. The smallest absolute Gasteiger partial charge is 0.00104 e. The van der Waals surface area contributed by atoms with Crippen LogP contribution in [0.15, 0.2) is 30.3 Å². The van der Waals surface area contributed by atoms with Crippen molar-refractivity contribution in [2.75, 3.05) is 6.54 Å². The fourth-order valence-corrected chi connectivity index (χ4v) is 2.50. The first kappa shape index (κ1) is 11.7. The molecule has 0 amide bonds. The molecule has 2 rings (SSSR count). The topological polar surface area (TPSA) is 12.0 Å². The zero-order valence-electron chi connectivity index (χ0n) is 10.6. The fourth-order valence-electron chi connectivity index (χ4n) is 2.50. The van der Waals surface area contributed by atoms with E-state index in [-0.39, 0.29) is 0 Å². The third-order valence-electron chi connectivity index (χ3n) is 3.65. The van der Waals surface area contributed by atoms with Crippen LogP contribution in [0.4, 0.5) is 0 Å². The maximum Gasteiger partial charge on any atom is 0.00104 e. The lowest BCUT2D eigenvalue weighted by Crippen LogP contribution is -2.28. The van der Waals surface area contributed by atoms with Crippen molar-refractivity contribution < 1.29 is 0 Å². The van der Waals surface area contributed by atoms with E-state index in [2.05, 4.69) is 56.4 Å². The summed E-state index contributed by atoms with van der Waals surface area (Å²) in [6, 6.07) is 11.6. The van der Waals surface area contributed by atoms with Gasteiger partial charge in [0.05, 0.1) is 0 Å². The summed E-state index contributed by atoms with van der Waals surface area (Å²) in [5.74, 6) is 2.52. The maximum absolute atomic E-state index is 3.54. The molecule has 1 fully saturated rings. The summed E-state index contributed by atoms with van der Waals surface area (Å²) < 4.78 is 0. The molecule has 0 aromatic heterocycles. The summed E-state index contributed by atoms with van der Waals surface area (Å²) in [7, 11) is 0. The molecule has 3 unspecified atom stereocenters. The van der Waals surface area contributed by atoms with Crippen LogP contribution < -0.4 is 5.32 Å². The van der Waals surface area contributed by atoms with Crippen LogP contribution in [-0.2, 0) is 0 Å². The molecule has 1 aromatic carbocycles. The van der Waals surface area contributed by atoms with Crippen LogP contribution in [0.5, 0.6) is 0 Å². The van der Waals surface area contributed by atoms with E-state index in [1.165, 1.54) is 12.0 Å². The fraction of sp³-hybridized carbons (Fsp3) is 0.600. The Kier molecular flexibility index (Phi) is 3.65. The Bertz CT molecular complexity index is 317. The van der Waals surface area contributed by atoms with Gasteiger partial charge in [0.1, 0.15) is 0 Å². The molecule has 0 radical (unpaired) electrons. The van der Waals surface area contributed by atoms with Crippen molar-refractivity contribution in [1.29, 1.82) is 0 Å². The normalized spacial score (nSPS) is 25.8. The molecule has 1 N–H and O–H groups in total. The van der Waals surface area contributed by atoms with E-state index in [1.54, 1.807) is 0 Å². The Morgan fingerprint density at radius 2 is 1.88 bits per heavy atom. The minimum atomic E-state index is 0.608. The summed E-state index contributed by atoms with van der Waals surface area (Å²) in [6.45, 7) is 7.97. The largest absolute Gasteiger partial charge is 0.314 e.